The normalized spacial score (nSPS) is 20.5. The Morgan fingerprint density at radius 1 is 1.12 bits per heavy atom. The van der Waals surface area contributed by atoms with Crippen LogP contribution in [0.2, 0.25) is 0 Å². The van der Waals surface area contributed by atoms with Gasteiger partial charge in [-0.2, -0.15) is 0 Å². The lowest BCUT2D eigenvalue weighted by Crippen LogP contribution is -2.58. The van der Waals surface area contributed by atoms with Crippen molar-refractivity contribution in [3.8, 4) is 0 Å². The molecule has 2 aliphatic heterocycles. The average Bonchev–Trinajstić information content (AvgIpc) is 2.88. The molecule has 1 aromatic carbocycles. The first kappa shape index (κ1) is 18.8. The third-order valence-corrected chi connectivity index (χ3v) is 5.19. The standard InChI is InChI=1S/C19H26FN3O3/c20-16-4-1-3-15(13-16)14-17(24)22-7-2-8-23(10-9-22)18(25)19(21)5-11-26-12-6-19/h1,3-4,13H,2,5-12,14,21H2. The molecule has 0 unspecified atom stereocenters. The second-order valence-electron chi connectivity index (χ2n) is 7.10. The van der Waals surface area contributed by atoms with Crippen molar-refractivity contribution < 1.29 is 18.7 Å². The molecule has 2 amide bonds. The predicted octanol–water partition coefficient (Wildman–Crippen LogP) is 0.937. The highest BCUT2D eigenvalue weighted by Crippen LogP contribution is 2.21. The highest BCUT2D eigenvalue weighted by atomic mass is 19.1. The number of halogens is 1. The number of ether oxygens (including phenoxy) is 1. The van der Waals surface area contributed by atoms with Gasteiger partial charge < -0.3 is 20.3 Å². The summed E-state index contributed by atoms with van der Waals surface area (Å²) >= 11 is 0. The maximum absolute atomic E-state index is 13.3. The third-order valence-electron chi connectivity index (χ3n) is 5.19. The molecule has 1 aromatic rings. The molecule has 6 nitrogen and oxygen atoms in total. The van der Waals surface area contributed by atoms with E-state index in [0.717, 1.165) is 0 Å². The molecule has 2 aliphatic rings. The van der Waals surface area contributed by atoms with E-state index in [0.29, 0.717) is 64.2 Å². The smallest absolute Gasteiger partial charge is 0.242 e. The number of hydrogen-bond acceptors (Lipinski definition) is 4. The van der Waals surface area contributed by atoms with Crippen LogP contribution in [0.25, 0.3) is 0 Å². The zero-order valence-electron chi connectivity index (χ0n) is 15.0. The molecule has 142 valence electrons. The van der Waals surface area contributed by atoms with E-state index in [2.05, 4.69) is 0 Å². The summed E-state index contributed by atoms with van der Waals surface area (Å²) < 4.78 is 18.6. The number of benzene rings is 1. The van der Waals surface area contributed by atoms with Crippen molar-refractivity contribution in [3.63, 3.8) is 0 Å². The molecule has 2 saturated heterocycles. The van der Waals surface area contributed by atoms with Crippen molar-refractivity contribution in [1.29, 1.82) is 0 Å². The van der Waals surface area contributed by atoms with E-state index >= 15 is 0 Å². The number of rotatable bonds is 3. The van der Waals surface area contributed by atoms with Gasteiger partial charge in [-0.25, -0.2) is 4.39 Å². The zero-order chi connectivity index (χ0) is 18.6. The number of carbonyl (C=O) groups excluding carboxylic acids is 2. The number of nitrogens with two attached hydrogens (primary N) is 1. The largest absolute Gasteiger partial charge is 0.381 e. The van der Waals surface area contributed by atoms with Crippen LogP contribution in [-0.2, 0) is 20.7 Å². The van der Waals surface area contributed by atoms with Crippen LogP contribution >= 0.6 is 0 Å². The first-order chi connectivity index (χ1) is 12.5. The van der Waals surface area contributed by atoms with Crippen molar-refractivity contribution in [2.75, 3.05) is 39.4 Å². The van der Waals surface area contributed by atoms with E-state index in [1.54, 1.807) is 21.9 Å². The fraction of sp³-hybridized carbons (Fsp3) is 0.579. The SMILES string of the molecule is NC1(C(=O)N2CCCN(C(=O)Cc3cccc(F)c3)CC2)CCOCC1. The lowest BCUT2D eigenvalue weighted by atomic mass is 9.89. The second-order valence-corrected chi connectivity index (χ2v) is 7.10. The summed E-state index contributed by atoms with van der Waals surface area (Å²) in [5.41, 5.74) is 6.12. The third kappa shape index (κ3) is 4.40. The van der Waals surface area contributed by atoms with Gasteiger partial charge in [-0.3, -0.25) is 9.59 Å². The van der Waals surface area contributed by atoms with Gasteiger partial charge in [0.2, 0.25) is 11.8 Å². The fourth-order valence-corrected chi connectivity index (χ4v) is 3.57. The molecular formula is C19H26FN3O3. The fourth-order valence-electron chi connectivity index (χ4n) is 3.57. The topological polar surface area (TPSA) is 75.9 Å². The molecule has 2 heterocycles. The first-order valence-corrected chi connectivity index (χ1v) is 9.16. The first-order valence-electron chi connectivity index (χ1n) is 9.16. The molecule has 0 aliphatic carbocycles. The van der Waals surface area contributed by atoms with E-state index < -0.39 is 5.54 Å². The van der Waals surface area contributed by atoms with E-state index in [9.17, 15) is 14.0 Å². The number of nitrogens with zero attached hydrogens (tertiary/aromatic N) is 2. The molecule has 0 atom stereocenters. The molecule has 2 N–H and O–H groups in total. The molecule has 7 heteroatoms. The summed E-state index contributed by atoms with van der Waals surface area (Å²) in [7, 11) is 0. The van der Waals surface area contributed by atoms with Crippen LogP contribution in [0.5, 0.6) is 0 Å². The van der Waals surface area contributed by atoms with Crippen LogP contribution in [0.1, 0.15) is 24.8 Å². The highest BCUT2D eigenvalue weighted by Gasteiger charge is 2.39. The van der Waals surface area contributed by atoms with E-state index in [1.807, 2.05) is 0 Å². The van der Waals surface area contributed by atoms with Gasteiger partial charge >= 0.3 is 0 Å². The van der Waals surface area contributed by atoms with Crippen LogP contribution in [0.15, 0.2) is 24.3 Å². The van der Waals surface area contributed by atoms with Crippen molar-refractivity contribution in [3.05, 3.63) is 35.6 Å². The average molecular weight is 363 g/mol. The van der Waals surface area contributed by atoms with Crippen LogP contribution in [0, 0.1) is 5.82 Å². The Balaban J connectivity index is 1.57. The Morgan fingerprint density at radius 3 is 2.54 bits per heavy atom. The lowest BCUT2D eigenvalue weighted by molar-refractivity contribution is -0.141. The van der Waals surface area contributed by atoms with Crippen molar-refractivity contribution in [1.82, 2.24) is 9.80 Å². The lowest BCUT2D eigenvalue weighted by Gasteiger charge is -2.36. The molecule has 0 aromatic heterocycles. The van der Waals surface area contributed by atoms with Gasteiger partial charge in [-0.15, -0.1) is 0 Å². The van der Waals surface area contributed by atoms with Crippen molar-refractivity contribution in [2.45, 2.75) is 31.2 Å². The van der Waals surface area contributed by atoms with Crippen molar-refractivity contribution in [2.24, 2.45) is 5.73 Å². The minimum absolute atomic E-state index is 0.0415. The van der Waals surface area contributed by atoms with E-state index in [1.165, 1.54) is 12.1 Å². The van der Waals surface area contributed by atoms with E-state index in [-0.39, 0.29) is 24.1 Å². The van der Waals surface area contributed by atoms with Gasteiger partial charge in [-0.05, 0) is 37.0 Å². The van der Waals surface area contributed by atoms with Crippen LogP contribution in [0.4, 0.5) is 4.39 Å². The Morgan fingerprint density at radius 2 is 1.81 bits per heavy atom. The maximum Gasteiger partial charge on any atom is 0.242 e. The number of amides is 2. The maximum atomic E-state index is 13.3. The zero-order valence-corrected chi connectivity index (χ0v) is 15.0. The van der Waals surface area contributed by atoms with Crippen LogP contribution in [0.3, 0.4) is 0 Å². The molecule has 3 rings (SSSR count). The summed E-state index contributed by atoms with van der Waals surface area (Å²) in [6.45, 7) is 3.17. The van der Waals surface area contributed by atoms with Gasteiger partial charge in [0.1, 0.15) is 5.82 Å². The summed E-state index contributed by atoms with van der Waals surface area (Å²) in [6.07, 6.45) is 1.95. The van der Waals surface area contributed by atoms with Gasteiger partial charge in [-0.1, -0.05) is 12.1 Å². The second kappa shape index (κ2) is 8.14. The monoisotopic (exact) mass is 363 g/mol. The summed E-state index contributed by atoms with van der Waals surface area (Å²) in [6, 6.07) is 6.10. The molecule has 0 radical (unpaired) electrons. The summed E-state index contributed by atoms with van der Waals surface area (Å²) in [5, 5.41) is 0. The van der Waals surface area contributed by atoms with Crippen molar-refractivity contribution >= 4 is 11.8 Å². The van der Waals surface area contributed by atoms with Gasteiger partial charge in [0, 0.05) is 39.4 Å². The Hall–Kier alpha value is -1.99. The minimum Gasteiger partial charge on any atom is -0.381 e. The molecule has 0 bridgehead atoms. The molecule has 0 saturated carbocycles. The van der Waals surface area contributed by atoms with Gasteiger partial charge in [0.15, 0.2) is 0 Å². The Kier molecular flexibility index (Phi) is 5.88. The molecule has 2 fully saturated rings. The molecule has 26 heavy (non-hydrogen) atoms. The predicted molar refractivity (Wildman–Crippen MR) is 94.9 cm³/mol. The summed E-state index contributed by atoms with van der Waals surface area (Å²) in [5.74, 6) is -0.425. The van der Waals surface area contributed by atoms with E-state index in [4.69, 9.17) is 10.5 Å². The van der Waals surface area contributed by atoms with Gasteiger partial charge in [0.05, 0.1) is 12.0 Å². The van der Waals surface area contributed by atoms with Crippen LogP contribution < -0.4 is 5.73 Å². The molecular weight excluding hydrogens is 337 g/mol. The number of hydrogen-bond donors (Lipinski definition) is 1. The summed E-state index contributed by atoms with van der Waals surface area (Å²) in [4.78, 5) is 28.9. The highest BCUT2D eigenvalue weighted by molar-refractivity contribution is 5.86. The quantitative estimate of drug-likeness (QED) is 0.867. The Labute approximate surface area is 153 Å². The van der Waals surface area contributed by atoms with Gasteiger partial charge in [0.25, 0.3) is 0 Å². The number of carbonyl (C=O) groups is 2. The Bertz CT molecular complexity index is 661. The molecule has 0 spiro atoms. The minimum atomic E-state index is -0.848. The van der Waals surface area contributed by atoms with Crippen LogP contribution in [-0.4, -0.2) is 66.5 Å².